The van der Waals surface area contributed by atoms with Gasteiger partial charge in [-0.1, -0.05) is 11.5 Å². The van der Waals surface area contributed by atoms with Crippen LogP contribution in [-0.2, 0) is 4.74 Å². The molecule has 0 N–H and O–H groups in total. The summed E-state index contributed by atoms with van der Waals surface area (Å²) in [5, 5.41) is 0. The van der Waals surface area contributed by atoms with Gasteiger partial charge in [0.25, 0.3) is 0 Å². The first kappa shape index (κ1) is 13.8. The summed E-state index contributed by atoms with van der Waals surface area (Å²) < 4.78 is 59.8. The molecule has 0 bridgehead atoms. The fourth-order valence-corrected chi connectivity index (χ4v) is 1.26. The molecule has 96 valence electrons. The SMILES string of the molecule is COCCCOc1ccc([B-](F)(F)F)c(F)c1. The van der Waals surface area contributed by atoms with Crippen LogP contribution in [0.5, 0.6) is 5.75 Å². The molecule has 2 nitrogen and oxygen atoms in total. The number of hydrogen-bond donors (Lipinski definition) is 0. The number of methoxy groups -OCH3 is 1. The van der Waals surface area contributed by atoms with E-state index in [0.29, 0.717) is 19.1 Å². The molecule has 1 aromatic carbocycles. The van der Waals surface area contributed by atoms with Crippen molar-refractivity contribution in [3.05, 3.63) is 24.0 Å². The lowest BCUT2D eigenvalue weighted by Gasteiger charge is -2.16. The average molecular weight is 251 g/mol. The van der Waals surface area contributed by atoms with Crippen LogP contribution < -0.4 is 10.2 Å². The van der Waals surface area contributed by atoms with E-state index in [4.69, 9.17) is 9.47 Å². The highest BCUT2D eigenvalue weighted by molar-refractivity contribution is 6.73. The molecule has 1 aromatic rings. The second-order valence-corrected chi connectivity index (χ2v) is 3.45. The topological polar surface area (TPSA) is 18.5 Å². The van der Waals surface area contributed by atoms with E-state index >= 15 is 0 Å². The number of halogens is 4. The smallest absolute Gasteiger partial charge is 0.493 e. The molecule has 1 rings (SSSR count). The largest absolute Gasteiger partial charge is 0.512 e. The van der Waals surface area contributed by atoms with E-state index in [1.54, 1.807) is 0 Å². The number of hydrogen-bond acceptors (Lipinski definition) is 2. The molecule has 0 unspecified atom stereocenters. The molecular weight excluding hydrogens is 239 g/mol. The molecule has 0 radical (unpaired) electrons. The number of ether oxygens (including phenoxy) is 2. The Bertz CT molecular complexity index is 368. The molecule has 0 saturated carbocycles. The lowest BCUT2D eigenvalue weighted by molar-refractivity contribution is 0.172. The quantitative estimate of drug-likeness (QED) is 0.438. The summed E-state index contributed by atoms with van der Waals surface area (Å²) in [4.78, 5) is 0. The van der Waals surface area contributed by atoms with Crippen molar-refractivity contribution in [3.8, 4) is 5.75 Å². The molecule has 0 amide bonds. The molecule has 7 heteroatoms. The lowest BCUT2D eigenvalue weighted by Crippen LogP contribution is -2.36. The summed E-state index contributed by atoms with van der Waals surface area (Å²) in [5.74, 6) is -1.22. The van der Waals surface area contributed by atoms with Gasteiger partial charge in [0, 0.05) is 26.2 Å². The Morgan fingerprint density at radius 3 is 2.41 bits per heavy atom. The summed E-state index contributed by atoms with van der Waals surface area (Å²) in [6.07, 6.45) is 0.586. The van der Waals surface area contributed by atoms with Gasteiger partial charge in [0.2, 0.25) is 0 Å². The molecule has 0 aliphatic rings. The van der Waals surface area contributed by atoms with Gasteiger partial charge in [-0.05, 0) is 6.07 Å². The van der Waals surface area contributed by atoms with E-state index in [9.17, 15) is 17.3 Å². The van der Waals surface area contributed by atoms with Gasteiger partial charge in [-0.15, -0.1) is 0 Å². The minimum Gasteiger partial charge on any atom is -0.493 e. The van der Waals surface area contributed by atoms with Gasteiger partial charge in [0.15, 0.2) is 0 Å². The monoisotopic (exact) mass is 251 g/mol. The Hall–Kier alpha value is -1.24. The third-order valence-electron chi connectivity index (χ3n) is 2.09. The fraction of sp³-hybridized carbons (Fsp3) is 0.400. The van der Waals surface area contributed by atoms with E-state index in [0.717, 1.165) is 12.1 Å². The summed E-state index contributed by atoms with van der Waals surface area (Å²) >= 11 is 0. The Kier molecular flexibility index (Phi) is 4.80. The predicted octanol–water partition coefficient (Wildman–Crippen LogP) is 2.30. The Balaban J connectivity index is 2.63. The minimum atomic E-state index is -5.32. The maximum Gasteiger partial charge on any atom is 0.512 e. The summed E-state index contributed by atoms with van der Waals surface area (Å²) in [6.45, 7) is -4.57. The second kappa shape index (κ2) is 5.91. The van der Waals surface area contributed by atoms with Crippen LogP contribution in [0.1, 0.15) is 6.42 Å². The van der Waals surface area contributed by atoms with Crippen LogP contribution in [0, 0.1) is 5.82 Å². The zero-order valence-corrected chi connectivity index (χ0v) is 9.26. The van der Waals surface area contributed by atoms with Gasteiger partial charge >= 0.3 is 6.98 Å². The second-order valence-electron chi connectivity index (χ2n) is 3.45. The van der Waals surface area contributed by atoms with Crippen LogP contribution in [-0.4, -0.2) is 27.3 Å². The van der Waals surface area contributed by atoms with E-state index in [2.05, 4.69) is 0 Å². The summed E-state index contributed by atoms with van der Waals surface area (Å²) in [6, 6.07) is 2.55. The molecule has 0 aromatic heterocycles. The van der Waals surface area contributed by atoms with Crippen LogP contribution >= 0.6 is 0 Å². The molecule has 0 saturated heterocycles. The molecule has 0 aliphatic carbocycles. The third-order valence-corrected chi connectivity index (χ3v) is 2.09. The van der Waals surface area contributed by atoms with E-state index in [-0.39, 0.29) is 12.4 Å². The van der Waals surface area contributed by atoms with Crippen molar-refractivity contribution in [1.82, 2.24) is 0 Å². The summed E-state index contributed by atoms with van der Waals surface area (Å²) in [5.41, 5.74) is -1.23. The van der Waals surface area contributed by atoms with Gasteiger partial charge in [-0.3, -0.25) is 0 Å². The van der Waals surface area contributed by atoms with E-state index in [1.807, 2.05) is 0 Å². The van der Waals surface area contributed by atoms with Crippen LogP contribution in [0.3, 0.4) is 0 Å². The molecule has 17 heavy (non-hydrogen) atoms. The predicted molar refractivity (Wildman–Crippen MR) is 57.1 cm³/mol. The van der Waals surface area contributed by atoms with Crippen molar-refractivity contribution < 1.29 is 26.8 Å². The van der Waals surface area contributed by atoms with Crippen molar-refractivity contribution in [2.24, 2.45) is 0 Å². The van der Waals surface area contributed by atoms with Gasteiger partial charge < -0.3 is 22.4 Å². The minimum absolute atomic E-state index is 0.0856. The maximum atomic E-state index is 13.1. The zero-order chi connectivity index (χ0) is 12.9. The van der Waals surface area contributed by atoms with Gasteiger partial charge in [0.05, 0.1) is 12.4 Å². The van der Waals surface area contributed by atoms with Crippen molar-refractivity contribution in [2.75, 3.05) is 20.3 Å². The average Bonchev–Trinajstić information content (AvgIpc) is 2.23. The number of benzene rings is 1. The molecule has 0 spiro atoms. The van der Waals surface area contributed by atoms with Gasteiger partial charge in [-0.2, -0.15) is 0 Å². The highest BCUT2D eigenvalue weighted by atomic mass is 19.4. The van der Waals surface area contributed by atoms with Crippen molar-refractivity contribution in [2.45, 2.75) is 6.42 Å². The lowest BCUT2D eigenvalue weighted by atomic mass is 9.80. The standard InChI is InChI=1S/C10H12BF4O2/c1-16-5-2-6-17-8-3-4-9(10(12)7-8)11(13,14)15/h3-4,7H,2,5-6H2,1H3/q-1. The first-order valence-electron chi connectivity index (χ1n) is 5.06. The first-order chi connectivity index (χ1) is 7.95. The van der Waals surface area contributed by atoms with Crippen LogP contribution in [0.15, 0.2) is 18.2 Å². The molecule has 0 atom stereocenters. The normalized spacial score (nSPS) is 11.6. The highest BCUT2D eigenvalue weighted by Gasteiger charge is 2.28. The van der Waals surface area contributed by atoms with Crippen LogP contribution in [0.4, 0.5) is 17.3 Å². The van der Waals surface area contributed by atoms with Crippen molar-refractivity contribution in [1.29, 1.82) is 0 Å². The van der Waals surface area contributed by atoms with E-state index in [1.165, 1.54) is 7.11 Å². The maximum absolute atomic E-state index is 13.1. The Labute approximate surface area is 96.6 Å². The van der Waals surface area contributed by atoms with Crippen molar-refractivity contribution in [3.63, 3.8) is 0 Å². The number of rotatable bonds is 6. The zero-order valence-electron chi connectivity index (χ0n) is 9.26. The van der Waals surface area contributed by atoms with Gasteiger partial charge in [0.1, 0.15) is 5.75 Å². The molecule has 0 heterocycles. The Morgan fingerprint density at radius 2 is 1.88 bits per heavy atom. The van der Waals surface area contributed by atoms with Crippen LogP contribution in [0.2, 0.25) is 0 Å². The first-order valence-corrected chi connectivity index (χ1v) is 5.06. The van der Waals surface area contributed by atoms with Gasteiger partial charge in [-0.25, -0.2) is 4.39 Å². The molecule has 0 aliphatic heterocycles. The Morgan fingerprint density at radius 1 is 1.18 bits per heavy atom. The molecular formula is C10H12BF4O2-. The van der Waals surface area contributed by atoms with Crippen LogP contribution in [0.25, 0.3) is 0 Å². The third kappa shape index (κ3) is 4.26. The highest BCUT2D eigenvalue weighted by Crippen LogP contribution is 2.16. The summed E-state index contributed by atoms with van der Waals surface area (Å²) in [7, 11) is 1.53. The molecule has 0 fully saturated rings. The fourth-order valence-electron chi connectivity index (χ4n) is 1.26. The van der Waals surface area contributed by atoms with E-state index < -0.39 is 18.3 Å². The van der Waals surface area contributed by atoms with Crippen molar-refractivity contribution >= 4 is 12.4 Å².